The number of carbonyl (C=O) groups excluding carboxylic acids is 2. The third-order valence-corrected chi connectivity index (χ3v) is 9.75. The van der Waals surface area contributed by atoms with Crippen LogP contribution in [0, 0.1) is 0 Å². The lowest BCUT2D eigenvalue weighted by Gasteiger charge is -2.20. The van der Waals surface area contributed by atoms with Gasteiger partial charge in [-0.2, -0.15) is 0 Å². The second kappa shape index (κ2) is 38.3. The molecule has 0 spiro atoms. The highest BCUT2D eigenvalue weighted by Crippen LogP contribution is 2.43. The molecule has 0 aromatic heterocycles. The molecule has 3 unspecified atom stereocenters. The summed E-state index contributed by atoms with van der Waals surface area (Å²) in [5.74, 6) is -2.42. The first-order valence-corrected chi connectivity index (χ1v) is 22.7. The maximum atomic E-state index is 12.6. The fourth-order valence-corrected chi connectivity index (χ4v) is 6.20. The van der Waals surface area contributed by atoms with E-state index < -0.39 is 51.1 Å². The lowest BCUT2D eigenvalue weighted by molar-refractivity contribution is -0.161. The van der Waals surface area contributed by atoms with Gasteiger partial charge in [-0.3, -0.25) is 23.4 Å². The monoisotopic (exact) mass is 798 g/mol. The Labute approximate surface area is 333 Å². The van der Waals surface area contributed by atoms with E-state index in [-0.39, 0.29) is 19.4 Å². The second-order valence-electron chi connectivity index (χ2n) is 14.1. The number of ether oxygens (including phenoxy) is 2. The number of hydrogen-bond acceptors (Lipinski definition) is 9. The van der Waals surface area contributed by atoms with Gasteiger partial charge in [0.05, 0.1) is 13.2 Å². The first-order chi connectivity index (χ1) is 26.6. The average Bonchev–Trinajstić information content (AvgIpc) is 3.16. The summed E-state index contributed by atoms with van der Waals surface area (Å²) < 4.78 is 32.6. The molecule has 0 heterocycles. The van der Waals surface area contributed by atoms with Crippen molar-refractivity contribution in [2.24, 2.45) is 5.73 Å². The predicted molar refractivity (Wildman–Crippen MR) is 222 cm³/mol. The Hall–Kier alpha value is -2.56. The van der Waals surface area contributed by atoms with Gasteiger partial charge in [0.1, 0.15) is 12.6 Å². The number of unbranched alkanes of at least 4 members (excludes halogenated alkanes) is 17. The van der Waals surface area contributed by atoms with Gasteiger partial charge in [0, 0.05) is 12.8 Å². The minimum absolute atomic E-state index is 0.141. The summed E-state index contributed by atoms with van der Waals surface area (Å²) in [5, 5.41) is 8.88. The molecule has 0 saturated carbocycles. The molecule has 0 aromatic carbocycles. The van der Waals surface area contributed by atoms with Gasteiger partial charge in [-0.05, 0) is 77.0 Å². The first kappa shape index (κ1) is 52.4. The lowest BCUT2D eigenvalue weighted by Crippen LogP contribution is -2.34. The van der Waals surface area contributed by atoms with Crippen LogP contribution < -0.4 is 5.73 Å². The Morgan fingerprint density at radius 1 is 0.564 bits per heavy atom. The maximum absolute atomic E-state index is 12.6. The SMILES string of the molecule is CCCCC/C=C\C/C=C\CCCCCCCC(=O)OCC(COP(=O)(O)OCC(N)C(=O)O)OC(=O)CCCCCCC/C=C\C/C=C\CCCCCC. The van der Waals surface area contributed by atoms with Crippen LogP contribution in [0.4, 0.5) is 0 Å². The first-order valence-electron chi connectivity index (χ1n) is 21.2. The number of esters is 2. The summed E-state index contributed by atoms with van der Waals surface area (Å²) in [5.41, 5.74) is 5.33. The van der Waals surface area contributed by atoms with Crippen molar-refractivity contribution < 1.29 is 47.5 Å². The van der Waals surface area contributed by atoms with E-state index in [2.05, 4.69) is 67.0 Å². The zero-order valence-electron chi connectivity index (χ0n) is 34.3. The van der Waals surface area contributed by atoms with Gasteiger partial charge in [0.25, 0.3) is 0 Å². The van der Waals surface area contributed by atoms with Gasteiger partial charge in [-0.15, -0.1) is 0 Å². The fourth-order valence-electron chi connectivity index (χ4n) is 5.42. The van der Waals surface area contributed by atoms with Crippen LogP contribution in [0.3, 0.4) is 0 Å². The van der Waals surface area contributed by atoms with Crippen LogP contribution in [0.25, 0.3) is 0 Å². The van der Waals surface area contributed by atoms with Crippen LogP contribution in [0.2, 0.25) is 0 Å². The highest BCUT2D eigenvalue weighted by Gasteiger charge is 2.28. The summed E-state index contributed by atoms with van der Waals surface area (Å²) >= 11 is 0. The Morgan fingerprint density at radius 2 is 0.964 bits per heavy atom. The normalized spacial score (nSPS) is 14.3. The van der Waals surface area contributed by atoms with E-state index >= 15 is 0 Å². The van der Waals surface area contributed by atoms with Crippen LogP contribution in [0.15, 0.2) is 48.6 Å². The van der Waals surface area contributed by atoms with Crippen molar-refractivity contribution in [3.05, 3.63) is 48.6 Å². The van der Waals surface area contributed by atoms with Crippen molar-refractivity contribution in [3.63, 3.8) is 0 Å². The zero-order valence-corrected chi connectivity index (χ0v) is 35.2. The number of aliphatic carboxylic acids is 1. The highest BCUT2D eigenvalue weighted by atomic mass is 31.2. The van der Waals surface area contributed by atoms with Crippen LogP contribution in [0.1, 0.15) is 174 Å². The van der Waals surface area contributed by atoms with E-state index in [1.54, 1.807) is 0 Å². The minimum atomic E-state index is -4.72. The topological polar surface area (TPSA) is 172 Å². The summed E-state index contributed by atoms with van der Waals surface area (Å²) in [7, 11) is -4.72. The number of carboxylic acids is 1. The second-order valence-corrected chi connectivity index (χ2v) is 15.6. The number of phosphoric ester groups is 1. The molecular formula is C43H76NO10P. The number of carboxylic acid groups (broad SMARTS) is 1. The Balaban J connectivity index is 4.44. The molecule has 0 fully saturated rings. The third-order valence-electron chi connectivity index (χ3n) is 8.80. The van der Waals surface area contributed by atoms with Gasteiger partial charge in [0.2, 0.25) is 0 Å². The molecule has 318 valence electrons. The molecule has 4 N–H and O–H groups in total. The van der Waals surface area contributed by atoms with Gasteiger partial charge in [0.15, 0.2) is 6.10 Å². The van der Waals surface area contributed by atoms with Gasteiger partial charge in [-0.1, -0.05) is 133 Å². The van der Waals surface area contributed by atoms with Crippen LogP contribution >= 0.6 is 7.82 Å². The Kier molecular flexibility index (Phi) is 36.5. The molecule has 11 nitrogen and oxygen atoms in total. The van der Waals surface area contributed by atoms with E-state index in [1.807, 2.05) is 0 Å². The molecule has 12 heteroatoms. The largest absolute Gasteiger partial charge is 0.480 e. The van der Waals surface area contributed by atoms with Gasteiger partial charge >= 0.3 is 25.7 Å². The number of hydrogen-bond donors (Lipinski definition) is 3. The molecule has 0 rings (SSSR count). The summed E-state index contributed by atoms with van der Waals surface area (Å²) in [6.45, 7) is 2.72. The third kappa shape index (κ3) is 38.1. The number of allylic oxidation sites excluding steroid dienone is 8. The number of carbonyl (C=O) groups is 3. The maximum Gasteiger partial charge on any atom is 0.472 e. The van der Waals surface area contributed by atoms with E-state index in [0.717, 1.165) is 89.9 Å². The molecule has 3 atom stereocenters. The number of nitrogens with two attached hydrogens (primary N) is 1. The van der Waals surface area contributed by atoms with Crippen molar-refractivity contribution in [2.75, 3.05) is 19.8 Å². The van der Waals surface area contributed by atoms with Gasteiger partial charge in [-0.25, -0.2) is 4.57 Å². The molecular weight excluding hydrogens is 721 g/mol. The van der Waals surface area contributed by atoms with E-state index in [4.69, 9.17) is 24.8 Å². The van der Waals surface area contributed by atoms with E-state index in [9.17, 15) is 23.8 Å². The van der Waals surface area contributed by atoms with Crippen LogP contribution in [-0.4, -0.2) is 59.9 Å². The Bertz CT molecular complexity index is 1120. The average molecular weight is 798 g/mol. The van der Waals surface area contributed by atoms with Crippen molar-refractivity contribution >= 4 is 25.7 Å². The highest BCUT2D eigenvalue weighted by molar-refractivity contribution is 7.47. The van der Waals surface area contributed by atoms with Crippen molar-refractivity contribution in [1.82, 2.24) is 0 Å². The molecule has 0 saturated heterocycles. The Morgan fingerprint density at radius 3 is 1.45 bits per heavy atom. The smallest absolute Gasteiger partial charge is 0.472 e. The standard InChI is InChI=1S/C43H76NO10P/c1-3-5-7-9-11-13-15-17-19-21-23-25-27-29-31-33-35-42(46)54-39(37-52-55(49,50)53-38-40(44)43(47)48)36-51-41(45)34-32-30-28-26-24-22-20-18-16-14-12-10-8-6-4-2/h12-15,18-21,39-40H,3-11,16-17,22-38,44H2,1-2H3,(H,47,48)(H,49,50)/b14-12-,15-13-,20-18-,21-19-. The van der Waals surface area contributed by atoms with Crippen molar-refractivity contribution in [1.29, 1.82) is 0 Å². The predicted octanol–water partition coefficient (Wildman–Crippen LogP) is 11.0. The molecule has 0 aliphatic rings. The molecule has 0 bridgehead atoms. The zero-order chi connectivity index (χ0) is 40.7. The molecule has 0 radical (unpaired) electrons. The minimum Gasteiger partial charge on any atom is -0.480 e. The van der Waals surface area contributed by atoms with Gasteiger partial charge < -0.3 is 25.2 Å². The van der Waals surface area contributed by atoms with Crippen molar-refractivity contribution in [2.45, 2.75) is 187 Å². The molecule has 0 amide bonds. The fraction of sp³-hybridized carbons (Fsp3) is 0.744. The number of rotatable bonds is 39. The summed E-state index contributed by atoms with van der Waals surface area (Å²) in [4.78, 5) is 45.9. The molecule has 55 heavy (non-hydrogen) atoms. The van der Waals surface area contributed by atoms with Crippen LogP contribution in [-0.2, 0) is 37.5 Å². The molecule has 0 aliphatic carbocycles. The summed E-state index contributed by atoms with van der Waals surface area (Å²) in [6, 6.07) is -1.53. The lowest BCUT2D eigenvalue weighted by atomic mass is 10.1. The quantitative estimate of drug-likeness (QED) is 0.0234. The molecule has 0 aromatic rings. The number of phosphoric acid groups is 1. The van der Waals surface area contributed by atoms with Crippen molar-refractivity contribution in [3.8, 4) is 0 Å². The van der Waals surface area contributed by atoms with Crippen LogP contribution in [0.5, 0.6) is 0 Å². The summed E-state index contributed by atoms with van der Waals surface area (Å²) in [6.07, 6.45) is 41.7. The molecule has 0 aliphatic heterocycles. The van der Waals surface area contributed by atoms with E-state index in [1.165, 1.54) is 44.9 Å². The van der Waals surface area contributed by atoms with E-state index in [0.29, 0.717) is 12.8 Å².